The second-order valence-electron chi connectivity index (χ2n) is 5.23. The molecule has 0 saturated heterocycles. The maximum Gasteiger partial charge on any atom is 0.136 e. The molecule has 80 valence electrons. The monoisotopic (exact) mass is 194 g/mol. The molecule has 0 aromatic rings. The van der Waals surface area contributed by atoms with Crippen molar-refractivity contribution in [2.75, 3.05) is 0 Å². The Kier molecular flexibility index (Phi) is 3.91. The van der Waals surface area contributed by atoms with Gasteiger partial charge < -0.3 is 0 Å². The predicted molar refractivity (Wildman–Crippen MR) is 60.2 cm³/mol. The Hall–Kier alpha value is -0.590. The van der Waals surface area contributed by atoms with Crippen molar-refractivity contribution in [2.45, 2.75) is 52.4 Å². The smallest absolute Gasteiger partial charge is 0.136 e. The van der Waals surface area contributed by atoms with Crippen molar-refractivity contribution in [2.24, 2.45) is 11.3 Å². The fourth-order valence-electron chi connectivity index (χ4n) is 2.17. The lowest BCUT2D eigenvalue weighted by atomic mass is 9.71. The van der Waals surface area contributed by atoms with Crippen LogP contribution in [0.5, 0.6) is 0 Å². The first kappa shape index (κ1) is 11.5. The minimum atomic E-state index is 0.350. The van der Waals surface area contributed by atoms with E-state index in [4.69, 9.17) is 0 Å². The van der Waals surface area contributed by atoms with E-state index in [2.05, 4.69) is 20.4 Å². The summed E-state index contributed by atoms with van der Waals surface area (Å²) in [4.78, 5) is 11.7. The number of rotatable bonds is 4. The number of ketones is 1. The van der Waals surface area contributed by atoms with E-state index in [-0.39, 0.29) is 0 Å². The molecule has 0 N–H and O–H groups in total. The molecule has 0 heterocycles. The van der Waals surface area contributed by atoms with E-state index in [9.17, 15) is 4.79 Å². The summed E-state index contributed by atoms with van der Waals surface area (Å²) in [6, 6.07) is 0. The Labute approximate surface area is 87.6 Å². The van der Waals surface area contributed by atoms with Crippen LogP contribution in [-0.2, 0) is 4.79 Å². The Morgan fingerprint density at radius 1 is 1.43 bits per heavy atom. The zero-order valence-corrected chi connectivity index (χ0v) is 9.51. The molecule has 0 unspecified atom stereocenters. The van der Waals surface area contributed by atoms with Crippen LogP contribution in [0.4, 0.5) is 0 Å². The summed E-state index contributed by atoms with van der Waals surface area (Å²) in [7, 11) is 0. The molecule has 1 aliphatic carbocycles. The Morgan fingerprint density at radius 2 is 2.00 bits per heavy atom. The van der Waals surface area contributed by atoms with Crippen LogP contribution < -0.4 is 0 Å². The van der Waals surface area contributed by atoms with Crippen molar-refractivity contribution in [1.29, 1.82) is 0 Å². The molecule has 0 aromatic heterocycles. The third-order valence-corrected chi connectivity index (χ3v) is 3.39. The van der Waals surface area contributed by atoms with E-state index in [1.54, 1.807) is 0 Å². The Morgan fingerprint density at radius 3 is 2.50 bits per heavy atom. The molecule has 0 aromatic carbocycles. The molecule has 0 atom stereocenters. The molecule has 1 nitrogen and oxygen atoms in total. The number of carbonyl (C=O) groups is 1. The summed E-state index contributed by atoms with van der Waals surface area (Å²) in [5.74, 6) is 0.809. The first-order valence-corrected chi connectivity index (χ1v) is 5.69. The van der Waals surface area contributed by atoms with Crippen LogP contribution in [0, 0.1) is 11.3 Å². The maximum atomic E-state index is 11.7. The summed E-state index contributed by atoms with van der Waals surface area (Å²) in [5.41, 5.74) is 0.467. The Bertz CT molecular complexity index is 205. The molecule has 0 amide bonds. The van der Waals surface area contributed by atoms with Gasteiger partial charge in [0.2, 0.25) is 0 Å². The molecular formula is C13H22O. The Balaban J connectivity index is 2.34. The van der Waals surface area contributed by atoms with Crippen molar-refractivity contribution in [3.63, 3.8) is 0 Å². The molecule has 14 heavy (non-hydrogen) atoms. The molecule has 0 bridgehead atoms. The summed E-state index contributed by atoms with van der Waals surface area (Å²) in [6.07, 6.45) is 8.00. The highest BCUT2D eigenvalue weighted by Crippen LogP contribution is 2.38. The number of hydrogen-bond donors (Lipinski definition) is 0. The molecule has 1 rings (SSSR count). The molecule has 1 fully saturated rings. The standard InChI is InChI=1S/C13H22O/c1-4-5-6-12(14)11-7-9-13(2,3)10-8-11/h4,11H,1,5-10H2,2-3H3. The average molecular weight is 194 g/mol. The van der Waals surface area contributed by atoms with Crippen LogP contribution in [0.25, 0.3) is 0 Å². The van der Waals surface area contributed by atoms with Gasteiger partial charge in [-0.25, -0.2) is 0 Å². The molecule has 1 heteroatoms. The van der Waals surface area contributed by atoms with Crippen LogP contribution in [0.2, 0.25) is 0 Å². The highest BCUT2D eigenvalue weighted by Gasteiger charge is 2.29. The predicted octanol–water partition coefficient (Wildman–Crippen LogP) is 3.74. The number of allylic oxidation sites excluding steroid dienone is 1. The third-order valence-electron chi connectivity index (χ3n) is 3.39. The fourth-order valence-corrected chi connectivity index (χ4v) is 2.17. The summed E-state index contributed by atoms with van der Waals surface area (Å²) >= 11 is 0. The van der Waals surface area contributed by atoms with Crippen molar-refractivity contribution in [3.8, 4) is 0 Å². The topological polar surface area (TPSA) is 17.1 Å². The normalized spacial score (nSPS) is 21.9. The van der Waals surface area contributed by atoms with Crippen LogP contribution in [-0.4, -0.2) is 5.78 Å². The highest BCUT2D eigenvalue weighted by atomic mass is 16.1. The van der Waals surface area contributed by atoms with Crippen molar-refractivity contribution >= 4 is 5.78 Å². The van der Waals surface area contributed by atoms with E-state index in [1.165, 1.54) is 12.8 Å². The minimum absolute atomic E-state index is 0.350. The molecular weight excluding hydrogens is 172 g/mol. The SMILES string of the molecule is C=CCCC(=O)C1CCC(C)(C)CC1. The van der Waals surface area contributed by atoms with Gasteiger partial charge in [-0.3, -0.25) is 4.79 Å². The van der Waals surface area contributed by atoms with Gasteiger partial charge in [-0.15, -0.1) is 6.58 Å². The average Bonchev–Trinajstić information content (AvgIpc) is 2.14. The first-order valence-electron chi connectivity index (χ1n) is 5.69. The number of Topliss-reactive ketones (excluding diaryl/α,β-unsaturated/α-hetero) is 1. The van der Waals surface area contributed by atoms with Gasteiger partial charge in [-0.2, -0.15) is 0 Å². The first-order chi connectivity index (χ1) is 6.55. The molecule has 0 radical (unpaired) electrons. The van der Waals surface area contributed by atoms with E-state index in [0.29, 0.717) is 23.5 Å². The van der Waals surface area contributed by atoms with Gasteiger partial charge in [0.1, 0.15) is 5.78 Å². The van der Waals surface area contributed by atoms with Crippen molar-refractivity contribution in [3.05, 3.63) is 12.7 Å². The summed E-state index contributed by atoms with van der Waals surface area (Å²) in [6.45, 7) is 8.25. The van der Waals surface area contributed by atoms with Crippen LogP contribution in [0.3, 0.4) is 0 Å². The fraction of sp³-hybridized carbons (Fsp3) is 0.769. The van der Waals surface area contributed by atoms with Crippen LogP contribution >= 0.6 is 0 Å². The van der Waals surface area contributed by atoms with Gasteiger partial charge in [0.25, 0.3) is 0 Å². The van der Waals surface area contributed by atoms with Gasteiger partial charge in [-0.1, -0.05) is 19.9 Å². The molecule has 1 saturated carbocycles. The molecule has 0 spiro atoms. The van der Waals surface area contributed by atoms with E-state index < -0.39 is 0 Å². The number of hydrogen-bond acceptors (Lipinski definition) is 1. The van der Waals surface area contributed by atoms with Gasteiger partial charge in [0, 0.05) is 12.3 Å². The molecule has 1 aliphatic rings. The lowest BCUT2D eigenvalue weighted by Crippen LogP contribution is -2.26. The summed E-state index contributed by atoms with van der Waals surface area (Å²) in [5, 5.41) is 0. The van der Waals surface area contributed by atoms with E-state index >= 15 is 0 Å². The van der Waals surface area contributed by atoms with E-state index in [0.717, 1.165) is 19.3 Å². The van der Waals surface area contributed by atoms with Crippen molar-refractivity contribution in [1.82, 2.24) is 0 Å². The maximum absolute atomic E-state index is 11.7. The van der Waals surface area contributed by atoms with Gasteiger partial charge >= 0.3 is 0 Å². The lowest BCUT2D eigenvalue weighted by molar-refractivity contribution is -0.124. The quantitative estimate of drug-likeness (QED) is 0.623. The minimum Gasteiger partial charge on any atom is -0.299 e. The third kappa shape index (κ3) is 3.28. The summed E-state index contributed by atoms with van der Waals surface area (Å²) < 4.78 is 0. The second-order valence-corrected chi connectivity index (χ2v) is 5.23. The van der Waals surface area contributed by atoms with Gasteiger partial charge in [0.05, 0.1) is 0 Å². The number of carbonyl (C=O) groups excluding carboxylic acids is 1. The lowest BCUT2D eigenvalue weighted by Gasteiger charge is -2.33. The zero-order valence-electron chi connectivity index (χ0n) is 9.51. The zero-order chi connectivity index (χ0) is 10.6. The van der Waals surface area contributed by atoms with Crippen LogP contribution in [0.1, 0.15) is 52.4 Å². The van der Waals surface area contributed by atoms with Crippen molar-refractivity contribution < 1.29 is 4.79 Å². The van der Waals surface area contributed by atoms with E-state index in [1.807, 2.05) is 6.08 Å². The highest BCUT2D eigenvalue weighted by molar-refractivity contribution is 5.81. The molecule has 0 aliphatic heterocycles. The van der Waals surface area contributed by atoms with Gasteiger partial charge in [0.15, 0.2) is 0 Å². The van der Waals surface area contributed by atoms with Gasteiger partial charge in [-0.05, 0) is 37.5 Å². The van der Waals surface area contributed by atoms with Crippen LogP contribution in [0.15, 0.2) is 12.7 Å². The largest absolute Gasteiger partial charge is 0.299 e. The second kappa shape index (κ2) is 4.77.